The lowest BCUT2D eigenvalue weighted by molar-refractivity contribution is -0.384. The molecule has 2 fully saturated rings. The first-order valence-corrected chi connectivity index (χ1v) is 13.4. The van der Waals surface area contributed by atoms with Crippen molar-refractivity contribution < 1.29 is 28.8 Å². The third-order valence-electron chi connectivity index (χ3n) is 7.63. The molecule has 5 rings (SSSR count). The van der Waals surface area contributed by atoms with Crippen molar-refractivity contribution in [1.29, 1.82) is 0 Å². The first kappa shape index (κ1) is 26.5. The molecule has 11 heteroatoms. The average Bonchev–Trinajstić information content (AvgIpc) is 3.42. The Kier molecular flexibility index (Phi) is 7.94. The molecule has 4 amide bonds. The Morgan fingerprint density at radius 2 is 1.85 bits per heavy atom. The first-order valence-electron chi connectivity index (χ1n) is 13.4. The van der Waals surface area contributed by atoms with Gasteiger partial charge in [0.1, 0.15) is 0 Å². The summed E-state index contributed by atoms with van der Waals surface area (Å²) in [7, 11) is 0. The van der Waals surface area contributed by atoms with E-state index in [2.05, 4.69) is 5.32 Å². The van der Waals surface area contributed by atoms with E-state index in [4.69, 9.17) is 9.47 Å². The zero-order chi connectivity index (χ0) is 27.4. The molecule has 39 heavy (non-hydrogen) atoms. The van der Waals surface area contributed by atoms with Gasteiger partial charge in [-0.2, -0.15) is 0 Å². The maximum absolute atomic E-state index is 13.5. The summed E-state index contributed by atoms with van der Waals surface area (Å²) in [6, 6.07) is 11.3. The van der Waals surface area contributed by atoms with Crippen LogP contribution in [0.3, 0.4) is 0 Å². The van der Waals surface area contributed by atoms with E-state index in [0.29, 0.717) is 36.4 Å². The number of hydrogen-bond donors (Lipinski definition) is 1. The second kappa shape index (κ2) is 11.7. The summed E-state index contributed by atoms with van der Waals surface area (Å²) in [5.41, 5.74) is 1.54. The molecule has 11 nitrogen and oxygen atoms in total. The number of imide groups is 1. The number of amides is 4. The fourth-order valence-electron chi connectivity index (χ4n) is 5.61. The van der Waals surface area contributed by atoms with Crippen molar-refractivity contribution in [3.05, 3.63) is 63.7 Å². The van der Waals surface area contributed by atoms with Gasteiger partial charge in [-0.15, -0.1) is 0 Å². The summed E-state index contributed by atoms with van der Waals surface area (Å²) < 4.78 is 10.7. The van der Waals surface area contributed by atoms with Crippen LogP contribution >= 0.6 is 0 Å². The van der Waals surface area contributed by atoms with Crippen molar-refractivity contribution in [1.82, 2.24) is 15.1 Å². The number of nitrogens with zero attached hydrogens (tertiary/aromatic N) is 3. The molecule has 0 aromatic heterocycles. The standard InChI is InChI=1S/C28H32N4O7/c33-26(29-16-19-11-12-24-25(15-19)39-18-38-24)10-3-4-13-30-27(34)22-8-1-2-9-23(22)31(28(30)35)17-20-6-5-7-21(14-20)32(36)37/h5-7,11-12,14-15,22-23H,1-4,8-10,13,16-18H2,(H,29,33). The molecule has 2 atom stereocenters. The highest BCUT2D eigenvalue weighted by atomic mass is 16.7. The Hall–Kier alpha value is -4.15. The van der Waals surface area contributed by atoms with E-state index < -0.39 is 4.92 Å². The number of rotatable bonds is 10. The maximum atomic E-state index is 13.5. The van der Waals surface area contributed by atoms with Crippen LogP contribution < -0.4 is 14.8 Å². The van der Waals surface area contributed by atoms with Gasteiger partial charge in [0.2, 0.25) is 18.6 Å². The van der Waals surface area contributed by atoms with Crippen LogP contribution in [-0.2, 0) is 22.7 Å². The fraction of sp³-hybridized carbons (Fsp3) is 0.464. The quantitative estimate of drug-likeness (QED) is 0.274. The summed E-state index contributed by atoms with van der Waals surface area (Å²) >= 11 is 0. The van der Waals surface area contributed by atoms with Crippen LogP contribution in [0.25, 0.3) is 0 Å². The number of carbonyl (C=O) groups excluding carboxylic acids is 3. The number of non-ortho nitro benzene ring substituents is 1. The van der Waals surface area contributed by atoms with Crippen LogP contribution in [0, 0.1) is 16.0 Å². The smallest absolute Gasteiger partial charge is 0.327 e. The lowest BCUT2D eigenvalue weighted by Gasteiger charge is -2.47. The molecular weight excluding hydrogens is 504 g/mol. The van der Waals surface area contributed by atoms with E-state index >= 15 is 0 Å². The highest BCUT2D eigenvalue weighted by Crippen LogP contribution is 2.36. The monoisotopic (exact) mass is 536 g/mol. The normalized spacial score (nSPS) is 20.1. The van der Waals surface area contributed by atoms with Crippen molar-refractivity contribution in [2.75, 3.05) is 13.3 Å². The molecule has 1 saturated carbocycles. The highest BCUT2D eigenvalue weighted by Gasteiger charge is 2.46. The number of nitrogens with one attached hydrogen (secondary N) is 1. The largest absolute Gasteiger partial charge is 0.454 e. The molecule has 1 saturated heterocycles. The number of nitro benzene ring substituents is 1. The Morgan fingerprint density at radius 1 is 1.03 bits per heavy atom. The van der Waals surface area contributed by atoms with Crippen molar-refractivity contribution in [3.8, 4) is 11.5 Å². The summed E-state index contributed by atoms with van der Waals surface area (Å²) in [6.45, 7) is 1.02. The summed E-state index contributed by atoms with van der Waals surface area (Å²) in [5.74, 6) is 0.837. The minimum Gasteiger partial charge on any atom is -0.454 e. The molecular formula is C28H32N4O7. The molecule has 2 unspecified atom stereocenters. The molecule has 0 bridgehead atoms. The van der Waals surface area contributed by atoms with Crippen LogP contribution in [0.1, 0.15) is 56.1 Å². The molecule has 206 valence electrons. The molecule has 0 radical (unpaired) electrons. The minimum atomic E-state index is -0.452. The van der Waals surface area contributed by atoms with E-state index in [9.17, 15) is 24.5 Å². The van der Waals surface area contributed by atoms with Crippen LogP contribution in [0.2, 0.25) is 0 Å². The maximum Gasteiger partial charge on any atom is 0.327 e. The number of hydrogen-bond acceptors (Lipinski definition) is 7. The van der Waals surface area contributed by atoms with Gasteiger partial charge >= 0.3 is 6.03 Å². The molecule has 2 aromatic rings. The minimum absolute atomic E-state index is 0.0260. The van der Waals surface area contributed by atoms with Gasteiger partial charge in [-0.05, 0) is 48.9 Å². The number of benzene rings is 2. The predicted octanol–water partition coefficient (Wildman–Crippen LogP) is 4.13. The second-order valence-corrected chi connectivity index (χ2v) is 10.2. The molecule has 3 aliphatic rings. The van der Waals surface area contributed by atoms with Gasteiger partial charge in [0, 0.05) is 44.2 Å². The molecule has 2 aliphatic heterocycles. The second-order valence-electron chi connectivity index (χ2n) is 10.2. The summed E-state index contributed by atoms with van der Waals surface area (Å²) in [4.78, 5) is 52.9. The van der Waals surface area contributed by atoms with E-state index in [1.165, 1.54) is 17.0 Å². The number of unbranched alkanes of at least 4 members (excludes halogenated alkanes) is 1. The van der Waals surface area contributed by atoms with Crippen LogP contribution in [-0.4, -0.2) is 51.9 Å². The van der Waals surface area contributed by atoms with Crippen molar-refractivity contribution in [2.45, 2.75) is 64.1 Å². The number of urea groups is 1. The van der Waals surface area contributed by atoms with Crippen LogP contribution in [0.15, 0.2) is 42.5 Å². The van der Waals surface area contributed by atoms with E-state index in [-0.39, 0.29) is 61.8 Å². The predicted molar refractivity (Wildman–Crippen MR) is 140 cm³/mol. The SMILES string of the molecule is O=C(CCCCN1C(=O)C2CCCCC2N(Cc2cccc([N+](=O)[O-])c2)C1=O)NCc1ccc2c(c1)OCO2. The Labute approximate surface area is 226 Å². The van der Waals surface area contributed by atoms with E-state index in [1.54, 1.807) is 17.0 Å². The average molecular weight is 537 g/mol. The van der Waals surface area contributed by atoms with E-state index in [1.807, 2.05) is 18.2 Å². The summed E-state index contributed by atoms with van der Waals surface area (Å²) in [6.07, 6.45) is 4.66. The Balaban J connectivity index is 1.15. The molecule has 1 N–H and O–H groups in total. The van der Waals surface area contributed by atoms with Gasteiger partial charge in [-0.25, -0.2) is 4.79 Å². The van der Waals surface area contributed by atoms with Crippen molar-refractivity contribution in [3.63, 3.8) is 0 Å². The van der Waals surface area contributed by atoms with Crippen LogP contribution in [0.4, 0.5) is 10.5 Å². The van der Waals surface area contributed by atoms with Gasteiger partial charge in [0.25, 0.3) is 5.69 Å². The molecule has 1 aliphatic carbocycles. The third-order valence-corrected chi connectivity index (χ3v) is 7.63. The zero-order valence-corrected chi connectivity index (χ0v) is 21.7. The molecule has 0 spiro atoms. The first-order chi connectivity index (χ1) is 18.9. The molecule has 2 heterocycles. The third kappa shape index (κ3) is 5.97. The number of nitro groups is 1. The Bertz CT molecular complexity index is 1270. The Morgan fingerprint density at radius 3 is 2.69 bits per heavy atom. The van der Waals surface area contributed by atoms with Crippen molar-refractivity contribution in [2.24, 2.45) is 5.92 Å². The number of carbonyl (C=O) groups is 3. The molecule has 2 aromatic carbocycles. The number of ether oxygens (including phenoxy) is 2. The van der Waals surface area contributed by atoms with Gasteiger partial charge in [0.05, 0.1) is 10.8 Å². The van der Waals surface area contributed by atoms with Crippen LogP contribution in [0.5, 0.6) is 11.5 Å². The van der Waals surface area contributed by atoms with Gasteiger partial charge in [-0.1, -0.05) is 31.0 Å². The topological polar surface area (TPSA) is 131 Å². The lowest BCUT2D eigenvalue weighted by Crippen LogP contribution is -2.62. The van der Waals surface area contributed by atoms with Gasteiger partial charge in [-0.3, -0.25) is 24.6 Å². The number of fused-ring (bicyclic) bond motifs is 2. The highest BCUT2D eigenvalue weighted by molar-refractivity contribution is 5.98. The zero-order valence-electron chi connectivity index (χ0n) is 21.7. The van der Waals surface area contributed by atoms with Gasteiger partial charge in [0.15, 0.2) is 11.5 Å². The summed E-state index contributed by atoms with van der Waals surface area (Å²) in [5, 5.41) is 14.1. The fourth-order valence-corrected chi connectivity index (χ4v) is 5.61. The lowest BCUT2D eigenvalue weighted by atomic mass is 9.81. The van der Waals surface area contributed by atoms with Crippen molar-refractivity contribution >= 4 is 23.5 Å². The van der Waals surface area contributed by atoms with Gasteiger partial charge < -0.3 is 19.7 Å². The van der Waals surface area contributed by atoms with E-state index in [0.717, 1.165) is 31.2 Å².